The van der Waals surface area contributed by atoms with Crippen LogP contribution in [0.4, 0.5) is 0 Å². The van der Waals surface area contributed by atoms with Crippen LogP contribution in [0.25, 0.3) is 10.1 Å². The van der Waals surface area contributed by atoms with E-state index in [0.29, 0.717) is 11.5 Å². The van der Waals surface area contributed by atoms with E-state index in [1.165, 1.54) is 10.1 Å². The molecule has 0 amide bonds. The Kier molecular flexibility index (Phi) is 6.69. The minimum absolute atomic E-state index is 0.322. The predicted octanol–water partition coefficient (Wildman–Crippen LogP) is 5.69. The van der Waals surface area contributed by atoms with Crippen molar-refractivity contribution in [2.24, 2.45) is 0 Å². The SMILES string of the molecule is Oc1ccccc1.Oc1ccccc1.c1ccc2sccc2c1. The first-order valence-electron chi connectivity index (χ1n) is 7.16. The molecule has 4 rings (SSSR count). The molecule has 0 aliphatic heterocycles. The van der Waals surface area contributed by atoms with Gasteiger partial charge in [0.1, 0.15) is 11.5 Å². The highest BCUT2D eigenvalue weighted by Crippen LogP contribution is 2.18. The molecule has 1 aromatic heterocycles. The lowest BCUT2D eigenvalue weighted by atomic mass is 10.3. The second-order valence-electron chi connectivity index (χ2n) is 4.63. The fourth-order valence-corrected chi connectivity index (χ4v) is 2.55. The van der Waals surface area contributed by atoms with E-state index in [2.05, 4.69) is 35.7 Å². The van der Waals surface area contributed by atoms with Gasteiger partial charge >= 0.3 is 0 Å². The molecule has 2 nitrogen and oxygen atoms in total. The normalized spacial score (nSPS) is 9.22. The molecule has 0 bridgehead atoms. The predicted molar refractivity (Wildman–Crippen MR) is 98.0 cm³/mol. The number of benzene rings is 3. The van der Waals surface area contributed by atoms with Gasteiger partial charge in [-0.25, -0.2) is 0 Å². The zero-order valence-electron chi connectivity index (χ0n) is 12.5. The summed E-state index contributed by atoms with van der Waals surface area (Å²) in [7, 11) is 0. The molecule has 1 heterocycles. The maximum Gasteiger partial charge on any atom is 0.115 e. The van der Waals surface area contributed by atoms with Crippen LogP contribution in [0, 0.1) is 0 Å². The van der Waals surface area contributed by atoms with Crippen LogP contribution in [0.3, 0.4) is 0 Å². The quantitative estimate of drug-likeness (QED) is 0.437. The van der Waals surface area contributed by atoms with Gasteiger partial charge in [-0.05, 0) is 47.2 Å². The first-order valence-corrected chi connectivity index (χ1v) is 8.04. The molecule has 0 fully saturated rings. The van der Waals surface area contributed by atoms with Gasteiger partial charge in [-0.2, -0.15) is 0 Å². The monoisotopic (exact) mass is 322 g/mol. The van der Waals surface area contributed by atoms with Crippen LogP contribution < -0.4 is 0 Å². The van der Waals surface area contributed by atoms with Crippen molar-refractivity contribution < 1.29 is 10.2 Å². The smallest absolute Gasteiger partial charge is 0.115 e. The molecular weight excluding hydrogens is 304 g/mol. The second-order valence-corrected chi connectivity index (χ2v) is 5.58. The van der Waals surface area contributed by atoms with Gasteiger partial charge in [-0.1, -0.05) is 54.6 Å². The van der Waals surface area contributed by atoms with Gasteiger partial charge in [0.2, 0.25) is 0 Å². The summed E-state index contributed by atoms with van der Waals surface area (Å²) in [5.41, 5.74) is 0. The molecule has 3 aromatic carbocycles. The van der Waals surface area contributed by atoms with E-state index in [1.54, 1.807) is 59.9 Å². The third kappa shape index (κ3) is 6.24. The summed E-state index contributed by atoms with van der Waals surface area (Å²) < 4.78 is 1.37. The molecule has 4 aromatic rings. The second kappa shape index (κ2) is 9.28. The third-order valence-electron chi connectivity index (χ3n) is 2.87. The van der Waals surface area contributed by atoms with Gasteiger partial charge in [0.25, 0.3) is 0 Å². The molecule has 0 saturated carbocycles. The highest BCUT2D eigenvalue weighted by molar-refractivity contribution is 7.17. The molecule has 116 valence electrons. The Hall–Kier alpha value is -2.78. The fourth-order valence-electron chi connectivity index (χ4n) is 1.76. The molecule has 23 heavy (non-hydrogen) atoms. The van der Waals surface area contributed by atoms with Gasteiger partial charge in [-0.15, -0.1) is 11.3 Å². The summed E-state index contributed by atoms with van der Waals surface area (Å²) in [4.78, 5) is 0. The Balaban J connectivity index is 0.000000127. The van der Waals surface area contributed by atoms with Crippen molar-refractivity contribution in [3.63, 3.8) is 0 Å². The lowest BCUT2D eigenvalue weighted by Gasteiger charge is -1.82. The Labute approximate surface area is 139 Å². The van der Waals surface area contributed by atoms with Crippen molar-refractivity contribution in [1.29, 1.82) is 0 Å². The van der Waals surface area contributed by atoms with E-state index in [1.807, 2.05) is 12.1 Å². The Morgan fingerprint density at radius 3 is 1.43 bits per heavy atom. The summed E-state index contributed by atoms with van der Waals surface area (Å²) in [5, 5.41) is 20.7. The van der Waals surface area contributed by atoms with E-state index in [-0.39, 0.29) is 0 Å². The van der Waals surface area contributed by atoms with Crippen molar-refractivity contribution in [2.75, 3.05) is 0 Å². The van der Waals surface area contributed by atoms with Gasteiger partial charge < -0.3 is 10.2 Å². The Bertz CT molecular complexity index is 728. The van der Waals surface area contributed by atoms with Gasteiger partial charge in [0, 0.05) is 4.70 Å². The summed E-state index contributed by atoms with van der Waals surface area (Å²) >= 11 is 1.79. The maximum atomic E-state index is 8.63. The van der Waals surface area contributed by atoms with Gasteiger partial charge in [0.15, 0.2) is 0 Å². The topological polar surface area (TPSA) is 40.5 Å². The van der Waals surface area contributed by atoms with Crippen LogP contribution in [-0.4, -0.2) is 10.2 Å². The molecule has 0 aliphatic rings. The van der Waals surface area contributed by atoms with Crippen molar-refractivity contribution in [3.8, 4) is 11.5 Å². The van der Waals surface area contributed by atoms with E-state index < -0.39 is 0 Å². The molecule has 0 atom stereocenters. The highest BCUT2D eigenvalue weighted by atomic mass is 32.1. The van der Waals surface area contributed by atoms with Crippen LogP contribution >= 0.6 is 11.3 Å². The average Bonchev–Trinajstić information content (AvgIpc) is 3.06. The van der Waals surface area contributed by atoms with E-state index in [0.717, 1.165) is 0 Å². The molecule has 0 spiro atoms. The number of para-hydroxylation sites is 2. The number of thiophene rings is 1. The molecule has 3 heteroatoms. The summed E-state index contributed by atoms with van der Waals surface area (Å²) in [6.07, 6.45) is 0. The van der Waals surface area contributed by atoms with Crippen LogP contribution in [-0.2, 0) is 0 Å². The van der Waals surface area contributed by atoms with Gasteiger partial charge in [-0.3, -0.25) is 0 Å². The van der Waals surface area contributed by atoms with Crippen molar-refractivity contribution >= 4 is 21.4 Å². The van der Waals surface area contributed by atoms with Crippen LogP contribution in [0.2, 0.25) is 0 Å². The van der Waals surface area contributed by atoms with Crippen molar-refractivity contribution in [2.45, 2.75) is 0 Å². The average molecular weight is 322 g/mol. The number of aromatic hydroxyl groups is 2. The summed E-state index contributed by atoms with van der Waals surface area (Å²) in [6, 6.07) is 28.0. The number of rotatable bonds is 0. The number of fused-ring (bicyclic) bond motifs is 1. The number of phenolic OH excluding ortho intramolecular Hbond substituents is 2. The molecule has 0 unspecified atom stereocenters. The molecule has 2 N–H and O–H groups in total. The van der Waals surface area contributed by atoms with E-state index in [4.69, 9.17) is 10.2 Å². The van der Waals surface area contributed by atoms with Crippen LogP contribution in [0.1, 0.15) is 0 Å². The van der Waals surface area contributed by atoms with Crippen molar-refractivity contribution in [1.82, 2.24) is 0 Å². The summed E-state index contributed by atoms with van der Waals surface area (Å²) in [6.45, 7) is 0. The first kappa shape index (κ1) is 16.6. The lowest BCUT2D eigenvalue weighted by molar-refractivity contribution is 0.475. The first-order chi connectivity index (χ1) is 11.3. The largest absolute Gasteiger partial charge is 0.508 e. The Morgan fingerprint density at radius 2 is 1.00 bits per heavy atom. The molecule has 0 saturated heterocycles. The molecule has 0 aliphatic carbocycles. The minimum atomic E-state index is 0.322. The van der Waals surface area contributed by atoms with Crippen LogP contribution in [0.5, 0.6) is 11.5 Å². The summed E-state index contributed by atoms with van der Waals surface area (Å²) in [5.74, 6) is 0.644. The van der Waals surface area contributed by atoms with Gasteiger partial charge in [0.05, 0.1) is 0 Å². The standard InChI is InChI=1S/C8H6S.2C6H6O/c1-2-4-8-7(3-1)5-6-9-8;2*7-6-4-2-1-3-5-6/h1-6H;2*1-5,7H. The highest BCUT2D eigenvalue weighted by Gasteiger charge is 1.87. The third-order valence-corrected chi connectivity index (χ3v) is 3.77. The maximum absolute atomic E-state index is 8.63. The Morgan fingerprint density at radius 1 is 0.522 bits per heavy atom. The number of hydrogen-bond donors (Lipinski definition) is 2. The zero-order chi connectivity index (χ0) is 16.3. The number of phenols is 2. The molecular formula is C20H18O2S. The minimum Gasteiger partial charge on any atom is -0.508 e. The lowest BCUT2D eigenvalue weighted by Crippen LogP contribution is -1.56. The molecule has 0 radical (unpaired) electrons. The van der Waals surface area contributed by atoms with Crippen LogP contribution in [0.15, 0.2) is 96.4 Å². The van der Waals surface area contributed by atoms with Crippen molar-refractivity contribution in [3.05, 3.63) is 96.4 Å². The van der Waals surface area contributed by atoms with E-state index >= 15 is 0 Å². The zero-order valence-corrected chi connectivity index (χ0v) is 13.4. The van der Waals surface area contributed by atoms with E-state index in [9.17, 15) is 0 Å². The number of hydrogen-bond acceptors (Lipinski definition) is 3. The fraction of sp³-hybridized carbons (Fsp3) is 0.